The molecule has 4 heteroatoms. The molecule has 0 heterocycles. The quantitative estimate of drug-likeness (QED) is 0.406. The first-order valence-corrected chi connectivity index (χ1v) is 2.54. The number of methoxy groups -OCH3 is 1. The molecule has 0 bridgehead atoms. The molecule has 1 N–H and O–H groups in total. The van der Waals surface area contributed by atoms with E-state index in [9.17, 15) is 4.79 Å². The number of ether oxygens (including phenoxy) is 1. The first-order valence-electron chi connectivity index (χ1n) is 2.54. The van der Waals surface area contributed by atoms with Crippen molar-refractivity contribution in [3.8, 4) is 0 Å². The molecule has 0 atom stereocenters. The molecule has 0 fully saturated rings. The molecule has 0 rings (SSSR count). The van der Waals surface area contributed by atoms with Crippen molar-refractivity contribution < 1.29 is 14.6 Å². The molecule has 0 aromatic heterocycles. The smallest absolute Gasteiger partial charge is 0.391 e. The normalized spacial score (nSPS) is 11.1. The van der Waals surface area contributed by atoms with Crippen LogP contribution in [0.5, 0.6) is 0 Å². The minimum absolute atomic E-state index is 0.238. The maximum Gasteiger partial charge on any atom is 0.391 e. The van der Waals surface area contributed by atoms with Gasteiger partial charge in [-0.2, -0.15) is 0 Å². The molecule has 0 aliphatic rings. The Kier molecular flexibility index (Phi) is 3.43. The molecule has 0 aliphatic heterocycles. The Balaban J connectivity index is 3.98. The van der Waals surface area contributed by atoms with Gasteiger partial charge in [0.15, 0.2) is 0 Å². The lowest BCUT2D eigenvalue weighted by molar-refractivity contribution is -0.130. The highest BCUT2D eigenvalue weighted by atomic mass is 16.5. The van der Waals surface area contributed by atoms with Crippen molar-refractivity contribution in [3.05, 3.63) is 0 Å². The van der Waals surface area contributed by atoms with Crippen LogP contribution in [0.1, 0.15) is 6.92 Å². The van der Waals surface area contributed by atoms with Gasteiger partial charge in [-0.3, -0.25) is 0 Å². The maximum atomic E-state index is 10.1. The first kappa shape index (κ1) is 7.94. The molecule has 0 aromatic carbocycles. The molecule has 0 amide bonds. The SMILES string of the molecule is CC/N=C(/OC)C(=O)O. The van der Waals surface area contributed by atoms with Gasteiger partial charge in [-0.05, 0) is 6.92 Å². The standard InChI is InChI=1S/C5H9NO3/c1-3-6-4(9-2)5(7)8/h3H2,1-2H3,(H,7,8)/b6-4+. The third-order valence-corrected chi connectivity index (χ3v) is 0.678. The van der Waals surface area contributed by atoms with Crippen molar-refractivity contribution in [1.82, 2.24) is 0 Å². The van der Waals surface area contributed by atoms with Gasteiger partial charge in [0.25, 0.3) is 5.90 Å². The number of rotatable bonds is 1. The summed E-state index contributed by atoms with van der Waals surface area (Å²) >= 11 is 0. The summed E-state index contributed by atoms with van der Waals surface area (Å²) in [5, 5.41) is 8.25. The number of carbonyl (C=O) groups is 1. The van der Waals surface area contributed by atoms with Gasteiger partial charge in [0.05, 0.1) is 7.11 Å². The van der Waals surface area contributed by atoms with Crippen LogP contribution in [0.15, 0.2) is 4.99 Å². The van der Waals surface area contributed by atoms with E-state index >= 15 is 0 Å². The topological polar surface area (TPSA) is 58.9 Å². The van der Waals surface area contributed by atoms with Gasteiger partial charge in [-0.1, -0.05) is 0 Å². The van der Waals surface area contributed by atoms with E-state index in [1.165, 1.54) is 7.11 Å². The third kappa shape index (κ3) is 2.69. The zero-order chi connectivity index (χ0) is 7.28. The van der Waals surface area contributed by atoms with E-state index < -0.39 is 5.97 Å². The highest BCUT2D eigenvalue weighted by Crippen LogP contribution is 1.79. The summed E-state index contributed by atoms with van der Waals surface area (Å²) in [5.74, 6) is -1.36. The largest absolute Gasteiger partial charge is 0.476 e. The molecule has 0 aliphatic carbocycles. The van der Waals surface area contributed by atoms with Crippen LogP contribution in [-0.2, 0) is 9.53 Å². The van der Waals surface area contributed by atoms with Gasteiger partial charge in [0.1, 0.15) is 0 Å². The summed E-state index contributed by atoms with van der Waals surface area (Å²) in [6.45, 7) is 2.16. The zero-order valence-corrected chi connectivity index (χ0v) is 5.42. The number of aliphatic imine (C=N–C) groups is 1. The average molecular weight is 131 g/mol. The summed E-state index contributed by atoms with van der Waals surface area (Å²) in [6, 6.07) is 0. The van der Waals surface area contributed by atoms with Gasteiger partial charge in [0.2, 0.25) is 0 Å². The van der Waals surface area contributed by atoms with Crippen LogP contribution in [0.2, 0.25) is 0 Å². The number of hydrogen-bond donors (Lipinski definition) is 1. The molecule has 4 nitrogen and oxygen atoms in total. The molecular weight excluding hydrogens is 122 g/mol. The summed E-state index contributed by atoms with van der Waals surface area (Å²) in [6.07, 6.45) is 0. The van der Waals surface area contributed by atoms with Crippen molar-refractivity contribution >= 4 is 11.9 Å². The van der Waals surface area contributed by atoms with Crippen LogP contribution < -0.4 is 0 Å². The van der Waals surface area contributed by atoms with Crippen LogP contribution in [0, 0.1) is 0 Å². The Hall–Kier alpha value is -1.06. The summed E-state index contributed by atoms with van der Waals surface area (Å²) in [4.78, 5) is 13.6. The predicted molar refractivity (Wildman–Crippen MR) is 32.6 cm³/mol. The van der Waals surface area contributed by atoms with Gasteiger partial charge < -0.3 is 9.84 Å². The average Bonchev–Trinajstić information content (AvgIpc) is 1.82. The molecule has 0 saturated carbocycles. The molecule has 0 unspecified atom stereocenters. The van der Waals surface area contributed by atoms with Gasteiger partial charge in [-0.25, -0.2) is 9.79 Å². The number of nitrogens with zero attached hydrogens (tertiary/aromatic N) is 1. The first-order chi connectivity index (χ1) is 4.22. The number of aliphatic carboxylic acids is 1. The summed E-state index contributed by atoms with van der Waals surface area (Å²) in [7, 11) is 1.28. The Morgan fingerprint density at radius 1 is 1.78 bits per heavy atom. The fraction of sp³-hybridized carbons (Fsp3) is 0.600. The molecule has 0 radical (unpaired) electrons. The Morgan fingerprint density at radius 3 is 2.44 bits per heavy atom. The summed E-state index contributed by atoms with van der Waals surface area (Å²) in [5.41, 5.74) is 0. The highest BCUT2D eigenvalue weighted by Gasteiger charge is 2.05. The Morgan fingerprint density at radius 2 is 2.33 bits per heavy atom. The van der Waals surface area contributed by atoms with Gasteiger partial charge in [-0.15, -0.1) is 0 Å². The van der Waals surface area contributed by atoms with E-state index in [0.717, 1.165) is 0 Å². The summed E-state index contributed by atoms with van der Waals surface area (Å²) < 4.78 is 4.40. The fourth-order valence-corrected chi connectivity index (χ4v) is 0.363. The van der Waals surface area contributed by atoms with Crippen molar-refractivity contribution in [1.29, 1.82) is 0 Å². The minimum atomic E-state index is -1.13. The molecule has 0 spiro atoms. The number of carboxylic acids is 1. The van der Waals surface area contributed by atoms with E-state index in [4.69, 9.17) is 5.11 Å². The Labute approximate surface area is 53.2 Å². The van der Waals surface area contributed by atoms with E-state index in [1.807, 2.05) is 0 Å². The minimum Gasteiger partial charge on any atom is -0.476 e. The van der Waals surface area contributed by atoms with Crippen molar-refractivity contribution in [2.24, 2.45) is 4.99 Å². The molecular formula is C5H9NO3. The van der Waals surface area contributed by atoms with Crippen LogP contribution in [-0.4, -0.2) is 30.6 Å². The predicted octanol–water partition coefficient (Wildman–Crippen LogP) is 0.136. The van der Waals surface area contributed by atoms with Crippen LogP contribution in [0.3, 0.4) is 0 Å². The van der Waals surface area contributed by atoms with Crippen molar-refractivity contribution in [2.45, 2.75) is 6.92 Å². The molecule has 0 aromatic rings. The molecule has 52 valence electrons. The third-order valence-electron chi connectivity index (χ3n) is 0.678. The second kappa shape index (κ2) is 3.88. The van der Waals surface area contributed by atoms with E-state index in [-0.39, 0.29) is 5.90 Å². The van der Waals surface area contributed by atoms with E-state index in [1.54, 1.807) is 6.92 Å². The highest BCUT2D eigenvalue weighted by molar-refractivity contribution is 6.31. The maximum absolute atomic E-state index is 10.1. The van der Waals surface area contributed by atoms with Gasteiger partial charge in [0, 0.05) is 6.54 Å². The Bertz CT molecular complexity index is 130. The monoisotopic (exact) mass is 131 g/mol. The fourth-order valence-electron chi connectivity index (χ4n) is 0.363. The molecule has 9 heavy (non-hydrogen) atoms. The zero-order valence-electron chi connectivity index (χ0n) is 5.42. The van der Waals surface area contributed by atoms with Crippen molar-refractivity contribution in [3.63, 3.8) is 0 Å². The van der Waals surface area contributed by atoms with Crippen LogP contribution in [0.25, 0.3) is 0 Å². The van der Waals surface area contributed by atoms with Crippen LogP contribution in [0.4, 0.5) is 0 Å². The van der Waals surface area contributed by atoms with E-state index in [0.29, 0.717) is 6.54 Å². The second-order valence-corrected chi connectivity index (χ2v) is 1.29. The lowest BCUT2D eigenvalue weighted by atomic mass is 10.6. The second-order valence-electron chi connectivity index (χ2n) is 1.29. The van der Waals surface area contributed by atoms with E-state index in [2.05, 4.69) is 9.73 Å². The number of hydrogen-bond acceptors (Lipinski definition) is 3. The number of carboxylic acid groups (broad SMARTS) is 1. The van der Waals surface area contributed by atoms with Crippen molar-refractivity contribution in [2.75, 3.05) is 13.7 Å². The lowest BCUT2D eigenvalue weighted by Crippen LogP contribution is -2.14. The van der Waals surface area contributed by atoms with Crippen LogP contribution >= 0.6 is 0 Å². The molecule has 0 saturated heterocycles. The van der Waals surface area contributed by atoms with Gasteiger partial charge >= 0.3 is 5.97 Å². The lowest BCUT2D eigenvalue weighted by Gasteiger charge is -1.95.